The summed E-state index contributed by atoms with van der Waals surface area (Å²) in [5.74, 6) is 0.440. The lowest BCUT2D eigenvalue weighted by Crippen LogP contribution is -2.26. The Morgan fingerprint density at radius 3 is 3.00 bits per heavy atom. The lowest BCUT2D eigenvalue weighted by Gasteiger charge is -2.18. The number of rotatable bonds is 1. The lowest BCUT2D eigenvalue weighted by molar-refractivity contribution is -0.118. The van der Waals surface area contributed by atoms with Crippen molar-refractivity contribution in [2.75, 3.05) is 11.9 Å². The molecule has 0 radical (unpaired) electrons. The first-order valence-corrected chi connectivity index (χ1v) is 5.12. The number of pyridine rings is 1. The van der Waals surface area contributed by atoms with E-state index in [4.69, 9.17) is 4.74 Å². The van der Waals surface area contributed by atoms with Gasteiger partial charge < -0.3 is 10.1 Å². The maximum absolute atomic E-state index is 11.1. The highest BCUT2D eigenvalue weighted by molar-refractivity contribution is 5.94. The van der Waals surface area contributed by atoms with Crippen molar-refractivity contribution in [2.24, 2.45) is 0 Å². The Bertz CT molecular complexity index is 438. The molecule has 78 valence electrons. The SMILES string of the molecule is CC1(c2ccc3c(n2)OCC(=O)N3)CC1. The van der Waals surface area contributed by atoms with Crippen molar-refractivity contribution < 1.29 is 9.53 Å². The van der Waals surface area contributed by atoms with Gasteiger partial charge in [0.1, 0.15) is 5.69 Å². The monoisotopic (exact) mass is 204 g/mol. The third-order valence-electron chi connectivity index (χ3n) is 3.09. The number of ether oxygens (including phenoxy) is 1. The van der Waals surface area contributed by atoms with Crippen molar-refractivity contribution in [3.63, 3.8) is 0 Å². The summed E-state index contributed by atoms with van der Waals surface area (Å²) >= 11 is 0. The predicted octanol–water partition coefficient (Wildman–Crippen LogP) is 1.46. The minimum Gasteiger partial charge on any atom is -0.466 e. The van der Waals surface area contributed by atoms with Crippen LogP contribution in [0.4, 0.5) is 5.69 Å². The van der Waals surface area contributed by atoms with Gasteiger partial charge in [0, 0.05) is 5.41 Å². The summed E-state index contributed by atoms with van der Waals surface area (Å²) in [6, 6.07) is 3.85. The Morgan fingerprint density at radius 2 is 2.27 bits per heavy atom. The molecule has 2 heterocycles. The Labute approximate surface area is 87.7 Å². The third-order valence-corrected chi connectivity index (χ3v) is 3.09. The number of carbonyl (C=O) groups excluding carboxylic acids is 1. The van der Waals surface area contributed by atoms with E-state index in [1.807, 2.05) is 12.1 Å². The fourth-order valence-electron chi connectivity index (χ4n) is 1.75. The summed E-state index contributed by atoms with van der Waals surface area (Å²) in [6.45, 7) is 2.27. The summed E-state index contributed by atoms with van der Waals surface area (Å²) in [7, 11) is 0. The summed E-state index contributed by atoms with van der Waals surface area (Å²) < 4.78 is 5.28. The minimum atomic E-state index is -0.116. The number of nitrogens with one attached hydrogen (secondary N) is 1. The number of carbonyl (C=O) groups is 1. The van der Waals surface area contributed by atoms with E-state index in [9.17, 15) is 4.79 Å². The zero-order valence-electron chi connectivity index (χ0n) is 8.54. The molecule has 1 N–H and O–H groups in total. The summed E-state index contributed by atoms with van der Waals surface area (Å²) in [5, 5.41) is 2.73. The number of fused-ring (bicyclic) bond motifs is 1. The van der Waals surface area contributed by atoms with Crippen molar-refractivity contribution in [3.05, 3.63) is 17.8 Å². The molecule has 4 nitrogen and oxygen atoms in total. The van der Waals surface area contributed by atoms with Crippen LogP contribution in [0, 0.1) is 0 Å². The van der Waals surface area contributed by atoms with Crippen LogP contribution in [-0.4, -0.2) is 17.5 Å². The molecule has 15 heavy (non-hydrogen) atoms. The molecule has 1 aliphatic carbocycles. The van der Waals surface area contributed by atoms with Crippen molar-refractivity contribution in [3.8, 4) is 5.88 Å². The average Bonchev–Trinajstić information content (AvgIpc) is 2.97. The summed E-state index contributed by atoms with van der Waals surface area (Å²) in [4.78, 5) is 15.5. The van der Waals surface area contributed by atoms with E-state index >= 15 is 0 Å². The number of hydrogen-bond acceptors (Lipinski definition) is 3. The molecule has 1 aromatic rings. The molecule has 1 aromatic heterocycles. The van der Waals surface area contributed by atoms with Gasteiger partial charge in [0.25, 0.3) is 5.91 Å². The van der Waals surface area contributed by atoms with Gasteiger partial charge in [-0.05, 0) is 25.0 Å². The Morgan fingerprint density at radius 1 is 1.47 bits per heavy atom. The predicted molar refractivity (Wildman–Crippen MR) is 54.9 cm³/mol. The number of nitrogens with zero attached hydrogens (tertiary/aromatic N) is 1. The molecule has 0 spiro atoms. The average molecular weight is 204 g/mol. The van der Waals surface area contributed by atoms with E-state index in [0.29, 0.717) is 11.6 Å². The highest BCUT2D eigenvalue weighted by atomic mass is 16.5. The van der Waals surface area contributed by atoms with E-state index in [1.54, 1.807) is 0 Å². The van der Waals surface area contributed by atoms with E-state index in [1.165, 1.54) is 12.8 Å². The van der Waals surface area contributed by atoms with Crippen molar-refractivity contribution in [1.82, 2.24) is 4.98 Å². The molecule has 0 unspecified atom stereocenters. The van der Waals surface area contributed by atoms with Gasteiger partial charge in [-0.25, -0.2) is 4.98 Å². The third kappa shape index (κ3) is 1.37. The fraction of sp³-hybridized carbons (Fsp3) is 0.455. The molecule has 1 fully saturated rings. The van der Waals surface area contributed by atoms with Crippen LogP contribution in [-0.2, 0) is 10.2 Å². The first-order chi connectivity index (χ1) is 7.17. The maximum atomic E-state index is 11.1. The molecular weight excluding hydrogens is 192 g/mol. The van der Waals surface area contributed by atoms with Gasteiger partial charge in [-0.1, -0.05) is 6.92 Å². The maximum Gasteiger partial charge on any atom is 0.262 e. The van der Waals surface area contributed by atoms with Gasteiger partial charge in [-0.3, -0.25) is 4.79 Å². The Hall–Kier alpha value is -1.58. The zero-order valence-corrected chi connectivity index (χ0v) is 8.54. The molecule has 3 rings (SSSR count). The molecule has 0 saturated heterocycles. The molecule has 2 aliphatic rings. The normalized spacial score (nSPS) is 21.3. The highest BCUT2D eigenvalue weighted by Crippen LogP contribution is 2.47. The quantitative estimate of drug-likeness (QED) is 0.753. The molecule has 0 bridgehead atoms. The molecule has 0 aromatic carbocycles. The van der Waals surface area contributed by atoms with E-state index < -0.39 is 0 Å². The van der Waals surface area contributed by atoms with Crippen LogP contribution in [0.5, 0.6) is 5.88 Å². The van der Waals surface area contributed by atoms with Crippen LogP contribution in [0.15, 0.2) is 12.1 Å². The fourth-order valence-corrected chi connectivity index (χ4v) is 1.75. The van der Waals surface area contributed by atoms with Crippen molar-refractivity contribution >= 4 is 11.6 Å². The Balaban J connectivity index is 1.99. The topological polar surface area (TPSA) is 51.2 Å². The molecular formula is C11H12N2O2. The van der Waals surface area contributed by atoms with Gasteiger partial charge in [-0.2, -0.15) is 0 Å². The number of anilines is 1. The van der Waals surface area contributed by atoms with Crippen LogP contribution in [0.3, 0.4) is 0 Å². The van der Waals surface area contributed by atoms with Crippen LogP contribution in [0.1, 0.15) is 25.5 Å². The molecule has 4 heteroatoms. The summed E-state index contributed by atoms with van der Waals surface area (Å²) in [6.07, 6.45) is 2.37. The van der Waals surface area contributed by atoms with Crippen LogP contribution in [0.25, 0.3) is 0 Å². The first-order valence-electron chi connectivity index (χ1n) is 5.12. The van der Waals surface area contributed by atoms with E-state index in [2.05, 4.69) is 17.2 Å². The number of hydrogen-bond donors (Lipinski definition) is 1. The first kappa shape index (κ1) is 8.71. The zero-order chi connectivity index (χ0) is 10.5. The smallest absolute Gasteiger partial charge is 0.262 e. The Kier molecular flexibility index (Phi) is 1.58. The van der Waals surface area contributed by atoms with Gasteiger partial charge in [-0.15, -0.1) is 0 Å². The molecule has 0 atom stereocenters. The van der Waals surface area contributed by atoms with Crippen LogP contribution < -0.4 is 10.1 Å². The summed E-state index contributed by atoms with van der Waals surface area (Å²) in [5.41, 5.74) is 1.98. The second kappa shape index (κ2) is 2.72. The molecule has 1 amide bonds. The number of aromatic nitrogens is 1. The number of amides is 1. The van der Waals surface area contributed by atoms with E-state index in [0.717, 1.165) is 5.69 Å². The van der Waals surface area contributed by atoms with E-state index in [-0.39, 0.29) is 17.9 Å². The molecule has 1 saturated carbocycles. The molecule has 1 aliphatic heterocycles. The second-order valence-electron chi connectivity index (χ2n) is 4.45. The second-order valence-corrected chi connectivity index (χ2v) is 4.45. The van der Waals surface area contributed by atoms with Gasteiger partial charge in [0.2, 0.25) is 5.88 Å². The van der Waals surface area contributed by atoms with Crippen LogP contribution >= 0.6 is 0 Å². The van der Waals surface area contributed by atoms with Gasteiger partial charge in [0.05, 0.1) is 5.69 Å². The standard InChI is InChI=1S/C11H12N2O2/c1-11(4-5-11)8-3-2-7-10(13-8)15-6-9(14)12-7/h2-3H,4-6H2,1H3,(H,12,14). The van der Waals surface area contributed by atoms with Crippen LogP contribution in [0.2, 0.25) is 0 Å². The lowest BCUT2D eigenvalue weighted by atomic mass is 10.0. The van der Waals surface area contributed by atoms with Crippen molar-refractivity contribution in [2.45, 2.75) is 25.2 Å². The van der Waals surface area contributed by atoms with Gasteiger partial charge >= 0.3 is 0 Å². The largest absolute Gasteiger partial charge is 0.466 e. The van der Waals surface area contributed by atoms with Crippen molar-refractivity contribution in [1.29, 1.82) is 0 Å². The highest BCUT2D eigenvalue weighted by Gasteiger charge is 2.41. The van der Waals surface area contributed by atoms with Gasteiger partial charge in [0.15, 0.2) is 6.61 Å². The minimum absolute atomic E-state index is 0.0696.